The monoisotopic (exact) mass is 199 g/mol. The van der Waals surface area contributed by atoms with Crippen LogP contribution in [0.4, 0.5) is 0 Å². The van der Waals surface area contributed by atoms with Crippen LogP contribution in [-0.4, -0.2) is 8.42 Å². The molecule has 13 heavy (non-hydrogen) atoms. The minimum atomic E-state index is -2.61. The fourth-order valence-electron chi connectivity index (χ4n) is 1.01. The summed E-state index contributed by atoms with van der Waals surface area (Å²) in [6, 6.07) is 8.49. The summed E-state index contributed by atoms with van der Waals surface area (Å²) in [4.78, 5) is 0. The summed E-state index contributed by atoms with van der Waals surface area (Å²) < 4.78 is 22.8. The fourth-order valence-corrected chi connectivity index (χ4v) is 1.01. The molecular formula is C9H13NO2S. The van der Waals surface area contributed by atoms with Crippen LogP contribution in [0.15, 0.2) is 24.3 Å². The molecule has 0 saturated carbocycles. The second kappa shape index (κ2) is 6.37. The predicted molar refractivity (Wildman–Crippen MR) is 52.2 cm³/mol. The topological polar surface area (TPSA) is 58.0 Å². The lowest BCUT2D eigenvalue weighted by atomic mass is 10.1. The highest BCUT2D eigenvalue weighted by Crippen LogP contribution is 2.06. The summed E-state index contributed by atoms with van der Waals surface area (Å²) in [5.41, 5.74) is 2.86. The second-order valence-corrected chi connectivity index (χ2v) is 2.98. The van der Waals surface area contributed by atoms with E-state index in [1.54, 1.807) is 0 Å². The van der Waals surface area contributed by atoms with Crippen molar-refractivity contribution in [3.05, 3.63) is 35.4 Å². The number of hydrogen-bond acceptors (Lipinski definition) is 3. The Morgan fingerprint density at radius 1 is 1.31 bits per heavy atom. The Kier molecular flexibility index (Phi) is 5.80. The first-order valence-electron chi connectivity index (χ1n) is 3.93. The molecule has 1 rings (SSSR count). The second-order valence-electron chi connectivity index (χ2n) is 2.51. The summed E-state index contributed by atoms with van der Waals surface area (Å²) in [7, 11) is -2.61. The van der Waals surface area contributed by atoms with Crippen LogP contribution in [0.25, 0.3) is 0 Å². The van der Waals surface area contributed by atoms with Crippen LogP contribution < -0.4 is 0 Å². The van der Waals surface area contributed by atoms with Crippen LogP contribution in [-0.2, 0) is 16.9 Å². The molecule has 0 amide bonds. The van der Waals surface area contributed by atoms with E-state index in [2.05, 4.69) is 38.1 Å². The summed E-state index contributed by atoms with van der Waals surface area (Å²) in [5.74, 6) is 0. The van der Waals surface area contributed by atoms with E-state index in [0.717, 1.165) is 6.42 Å². The SMILES string of the molecule is CCc1ccccc1C.N=S(=O)=O. The average molecular weight is 199 g/mol. The van der Waals surface area contributed by atoms with Gasteiger partial charge in [0.2, 0.25) is 0 Å². The number of nitrogens with one attached hydrogen (secondary N) is 1. The third-order valence-electron chi connectivity index (χ3n) is 1.64. The minimum absolute atomic E-state index is 1.15. The predicted octanol–water partition coefficient (Wildman–Crippen LogP) is 2.19. The average Bonchev–Trinajstić information content (AvgIpc) is 2.04. The normalized spacial score (nSPS) is 8.46. The molecule has 3 nitrogen and oxygen atoms in total. The zero-order chi connectivity index (χ0) is 10.3. The first-order valence-corrected chi connectivity index (χ1v) is 5.00. The van der Waals surface area contributed by atoms with Gasteiger partial charge in [-0.05, 0) is 24.5 Å². The van der Waals surface area contributed by atoms with Gasteiger partial charge >= 0.3 is 10.5 Å². The molecule has 1 N–H and O–H groups in total. The quantitative estimate of drug-likeness (QED) is 0.753. The van der Waals surface area contributed by atoms with E-state index < -0.39 is 10.5 Å². The van der Waals surface area contributed by atoms with Crippen LogP contribution >= 0.6 is 0 Å². The van der Waals surface area contributed by atoms with Crippen LogP contribution in [0.5, 0.6) is 0 Å². The maximum atomic E-state index is 8.67. The molecule has 1 aromatic carbocycles. The summed E-state index contributed by atoms with van der Waals surface area (Å²) >= 11 is 0. The number of benzene rings is 1. The van der Waals surface area contributed by atoms with Gasteiger partial charge in [-0.2, -0.15) is 13.2 Å². The van der Waals surface area contributed by atoms with Gasteiger partial charge in [0.15, 0.2) is 0 Å². The van der Waals surface area contributed by atoms with Gasteiger partial charge in [-0.15, -0.1) is 0 Å². The zero-order valence-electron chi connectivity index (χ0n) is 7.74. The molecule has 0 bridgehead atoms. The van der Waals surface area contributed by atoms with E-state index in [0.29, 0.717) is 0 Å². The van der Waals surface area contributed by atoms with Gasteiger partial charge in [0, 0.05) is 0 Å². The van der Waals surface area contributed by atoms with Crippen LogP contribution in [0.2, 0.25) is 0 Å². The van der Waals surface area contributed by atoms with E-state index in [1.807, 2.05) is 0 Å². The van der Waals surface area contributed by atoms with Crippen molar-refractivity contribution < 1.29 is 8.42 Å². The van der Waals surface area contributed by atoms with Gasteiger partial charge in [-0.1, -0.05) is 31.2 Å². The molecule has 0 saturated heterocycles. The molecule has 0 aromatic heterocycles. The Balaban J connectivity index is 0.000000310. The molecule has 0 aliphatic carbocycles. The largest absolute Gasteiger partial charge is 0.308 e. The first kappa shape index (κ1) is 11.8. The fraction of sp³-hybridized carbons (Fsp3) is 0.333. The standard InChI is InChI=1S/C9H12.HNO2S/c1-3-9-7-5-4-6-8(9)2;1-4(2)3/h4-7H,3H2,1-2H3;1H. The maximum Gasteiger partial charge on any atom is 0.308 e. The molecule has 0 aliphatic rings. The Bertz CT molecular complexity index is 349. The summed E-state index contributed by atoms with van der Waals surface area (Å²) in [6.07, 6.45) is 1.15. The van der Waals surface area contributed by atoms with E-state index in [-0.39, 0.29) is 0 Å². The van der Waals surface area contributed by atoms with Crippen molar-refractivity contribution in [3.63, 3.8) is 0 Å². The highest BCUT2D eigenvalue weighted by atomic mass is 32.2. The summed E-state index contributed by atoms with van der Waals surface area (Å²) in [6.45, 7) is 4.33. The third kappa shape index (κ3) is 6.04. The highest BCUT2D eigenvalue weighted by Gasteiger charge is 1.89. The van der Waals surface area contributed by atoms with Crippen molar-refractivity contribution in [2.75, 3.05) is 0 Å². The van der Waals surface area contributed by atoms with Crippen molar-refractivity contribution in [2.45, 2.75) is 20.3 Å². The molecule has 0 atom stereocenters. The molecule has 0 radical (unpaired) electrons. The number of rotatable bonds is 1. The molecule has 0 aliphatic heterocycles. The lowest BCUT2D eigenvalue weighted by Gasteiger charge is -1.98. The molecule has 0 fully saturated rings. The third-order valence-corrected chi connectivity index (χ3v) is 1.64. The lowest BCUT2D eigenvalue weighted by molar-refractivity contribution is 0.620. The minimum Gasteiger partial charge on any atom is -0.188 e. The summed E-state index contributed by atoms with van der Waals surface area (Å²) in [5, 5.41) is 0. The van der Waals surface area contributed by atoms with Gasteiger partial charge in [0.05, 0.1) is 0 Å². The van der Waals surface area contributed by atoms with Crippen molar-refractivity contribution in [1.29, 1.82) is 4.78 Å². The van der Waals surface area contributed by atoms with Crippen molar-refractivity contribution in [1.82, 2.24) is 0 Å². The van der Waals surface area contributed by atoms with E-state index >= 15 is 0 Å². The van der Waals surface area contributed by atoms with Crippen molar-refractivity contribution in [3.8, 4) is 0 Å². The first-order chi connectivity index (χ1) is 6.07. The van der Waals surface area contributed by atoms with Crippen molar-refractivity contribution >= 4 is 10.5 Å². The van der Waals surface area contributed by atoms with Gasteiger partial charge in [0.25, 0.3) is 0 Å². The zero-order valence-corrected chi connectivity index (χ0v) is 8.56. The van der Waals surface area contributed by atoms with Gasteiger partial charge in [0.1, 0.15) is 0 Å². The molecule has 4 heteroatoms. The van der Waals surface area contributed by atoms with Crippen LogP contribution in [0.1, 0.15) is 18.1 Å². The van der Waals surface area contributed by atoms with E-state index in [1.165, 1.54) is 11.1 Å². The molecule has 72 valence electrons. The number of hydrogen-bond donors (Lipinski definition) is 1. The van der Waals surface area contributed by atoms with Crippen molar-refractivity contribution in [2.24, 2.45) is 0 Å². The molecule has 0 unspecified atom stereocenters. The Morgan fingerprint density at radius 3 is 2.08 bits per heavy atom. The Labute approximate surface area is 79.9 Å². The molecule has 0 spiro atoms. The van der Waals surface area contributed by atoms with Gasteiger partial charge in [-0.3, -0.25) is 0 Å². The van der Waals surface area contributed by atoms with Gasteiger partial charge in [-0.25, -0.2) is 0 Å². The number of aryl methyl sites for hydroxylation is 2. The van der Waals surface area contributed by atoms with Gasteiger partial charge < -0.3 is 0 Å². The van der Waals surface area contributed by atoms with E-state index in [4.69, 9.17) is 13.2 Å². The molecule has 1 aromatic rings. The van der Waals surface area contributed by atoms with Crippen LogP contribution in [0.3, 0.4) is 0 Å². The Morgan fingerprint density at radius 2 is 1.77 bits per heavy atom. The van der Waals surface area contributed by atoms with E-state index in [9.17, 15) is 0 Å². The van der Waals surface area contributed by atoms with Crippen LogP contribution in [0, 0.1) is 11.7 Å². The lowest BCUT2D eigenvalue weighted by Crippen LogP contribution is -1.82. The molecule has 0 heterocycles. The smallest absolute Gasteiger partial charge is 0.188 e. The highest BCUT2D eigenvalue weighted by molar-refractivity contribution is 7.60. The Hall–Kier alpha value is -1.16. The molecular weight excluding hydrogens is 186 g/mol. The maximum absolute atomic E-state index is 8.67.